The lowest BCUT2D eigenvalue weighted by Crippen LogP contribution is -2.37. The number of hydrogen-bond donors (Lipinski definition) is 1. The zero-order valence-electron chi connectivity index (χ0n) is 15.0. The fourth-order valence-corrected chi connectivity index (χ4v) is 4.47. The highest BCUT2D eigenvalue weighted by Gasteiger charge is 2.55. The maximum Gasteiger partial charge on any atom is 0.311 e. The molecule has 1 saturated carbocycles. The molecule has 2 fully saturated rings. The van der Waals surface area contributed by atoms with Crippen molar-refractivity contribution >= 4 is 11.9 Å². The minimum Gasteiger partial charge on any atom is -0.481 e. The highest BCUT2D eigenvalue weighted by Crippen LogP contribution is 2.49. The second-order valence-corrected chi connectivity index (χ2v) is 7.48. The summed E-state index contributed by atoms with van der Waals surface area (Å²) < 4.78 is 1.74. The van der Waals surface area contributed by atoms with Crippen LogP contribution in [0.1, 0.15) is 41.0 Å². The molecule has 3 heterocycles. The molecule has 1 saturated heterocycles. The summed E-state index contributed by atoms with van der Waals surface area (Å²) in [5, 5.41) is 14.1. The van der Waals surface area contributed by atoms with Gasteiger partial charge in [0.15, 0.2) is 5.82 Å². The van der Waals surface area contributed by atoms with Crippen LogP contribution in [0.15, 0.2) is 24.4 Å². The molecule has 2 aliphatic rings. The van der Waals surface area contributed by atoms with E-state index in [4.69, 9.17) is 0 Å². The Balaban J connectivity index is 1.54. The third-order valence-corrected chi connectivity index (χ3v) is 5.81. The molecule has 7 nitrogen and oxygen atoms in total. The third-order valence-electron chi connectivity index (χ3n) is 5.81. The van der Waals surface area contributed by atoms with Crippen molar-refractivity contribution < 1.29 is 14.7 Å². The van der Waals surface area contributed by atoms with E-state index in [1.807, 2.05) is 19.9 Å². The molecule has 0 spiro atoms. The number of aliphatic carboxylic acids is 1. The van der Waals surface area contributed by atoms with Crippen LogP contribution in [0, 0.1) is 25.2 Å². The first-order valence-electron chi connectivity index (χ1n) is 8.93. The van der Waals surface area contributed by atoms with Gasteiger partial charge in [-0.2, -0.15) is 5.10 Å². The van der Waals surface area contributed by atoms with Crippen molar-refractivity contribution in [1.29, 1.82) is 0 Å². The van der Waals surface area contributed by atoms with Crippen LogP contribution >= 0.6 is 0 Å². The standard InChI is InChI=1S/C19H22N4O3/c1-12-8-13(2)23(21-12)16-6-5-14(9-20-16)17(24)22-10-15-4-3-7-19(15,11-22)18(25)26/h5-6,8-9,15H,3-4,7,10-11H2,1-2H3,(H,25,26)/t15-,19+/m0/s1. The molecule has 0 bridgehead atoms. The molecule has 7 heteroatoms. The van der Waals surface area contributed by atoms with Crippen LogP contribution in [0.2, 0.25) is 0 Å². The molecular weight excluding hydrogens is 332 g/mol. The summed E-state index contributed by atoms with van der Waals surface area (Å²) in [4.78, 5) is 30.7. The third kappa shape index (κ3) is 2.50. The van der Waals surface area contributed by atoms with Gasteiger partial charge in [-0.05, 0) is 50.8 Å². The second-order valence-electron chi connectivity index (χ2n) is 7.48. The van der Waals surface area contributed by atoms with E-state index in [1.165, 1.54) is 0 Å². The van der Waals surface area contributed by atoms with Crippen molar-refractivity contribution in [2.45, 2.75) is 33.1 Å². The number of carbonyl (C=O) groups excluding carboxylic acids is 1. The summed E-state index contributed by atoms with van der Waals surface area (Å²) >= 11 is 0. The van der Waals surface area contributed by atoms with E-state index >= 15 is 0 Å². The lowest BCUT2D eigenvalue weighted by Gasteiger charge is -2.23. The van der Waals surface area contributed by atoms with E-state index in [2.05, 4.69) is 10.1 Å². The average Bonchev–Trinajstić information content (AvgIpc) is 3.26. The Bertz CT molecular complexity index is 873. The number of pyridine rings is 1. The SMILES string of the molecule is Cc1cc(C)n(-c2ccc(C(=O)N3C[C@@H]4CCC[C@@]4(C(=O)O)C3)cn2)n1. The first-order chi connectivity index (χ1) is 12.4. The lowest BCUT2D eigenvalue weighted by molar-refractivity contribution is -0.149. The Kier molecular flexibility index (Phi) is 3.82. The van der Waals surface area contributed by atoms with E-state index < -0.39 is 11.4 Å². The molecule has 0 unspecified atom stereocenters. The molecule has 0 radical (unpaired) electrons. The van der Waals surface area contributed by atoms with E-state index in [1.54, 1.807) is 27.9 Å². The van der Waals surface area contributed by atoms with Crippen molar-refractivity contribution in [2.75, 3.05) is 13.1 Å². The normalized spacial score (nSPS) is 24.7. The number of likely N-dealkylation sites (tertiary alicyclic amines) is 1. The van der Waals surface area contributed by atoms with Gasteiger partial charge in [-0.1, -0.05) is 6.42 Å². The molecule has 136 valence electrons. The minimum absolute atomic E-state index is 0.0610. The number of nitrogens with zero attached hydrogens (tertiary/aromatic N) is 4. The van der Waals surface area contributed by atoms with Gasteiger partial charge >= 0.3 is 5.97 Å². The Morgan fingerprint density at radius 3 is 2.69 bits per heavy atom. The predicted octanol–water partition coefficient (Wildman–Crippen LogP) is 2.21. The predicted molar refractivity (Wildman–Crippen MR) is 94.1 cm³/mol. The van der Waals surface area contributed by atoms with Gasteiger partial charge in [-0.3, -0.25) is 9.59 Å². The Labute approximate surface area is 151 Å². The van der Waals surface area contributed by atoms with Crippen molar-refractivity contribution in [1.82, 2.24) is 19.7 Å². The maximum absolute atomic E-state index is 12.8. The summed E-state index contributed by atoms with van der Waals surface area (Å²) in [5.74, 6) is -0.195. The van der Waals surface area contributed by atoms with Crippen LogP contribution in [0.5, 0.6) is 0 Å². The van der Waals surface area contributed by atoms with Gasteiger partial charge in [-0.25, -0.2) is 9.67 Å². The van der Waals surface area contributed by atoms with Crippen molar-refractivity contribution in [3.8, 4) is 5.82 Å². The molecule has 1 aliphatic heterocycles. The molecular formula is C19H22N4O3. The molecule has 0 aromatic carbocycles. The quantitative estimate of drug-likeness (QED) is 0.913. The van der Waals surface area contributed by atoms with E-state index in [9.17, 15) is 14.7 Å². The van der Waals surface area contributed by atoms with Gasteiger partial charge < -0.3 is 10.0 Å². The Hall–Kier alpha value is -2.70. The van der Waals surface area contributed by atoms with Crippen LogP contribution in [0.3, 0.4) is 0 Å². The molecule has 1 N–H and O–H groups in total. The van der Waals surface area contributed by atoms with Crippen molar-refractivity contribution in [2.24, 2.45) is 11.3 Å². The van der Waals surface area contributed by atoms with E-state index in [-0.39, 0.29) is 11.8 Å². The highest BCUT2D eigenvalue weighted by atomic mass is 16.4. The van der Waals surface area contributed by atoms with Gasteiger partial charge in [0.2, 0.25) is 0 Å². The van der Waals surface area contributed by atoms with Gasteiger partial charge in [-0.15, -0.1) is 0 Å². The lowest BCUT2D eigenvalue weighted by atomic mass is 9.81. The highest BCUT2D eigenvalue weighted by molar-refractivity contribution is 5.95. The number of amides is 1. The number of hydrogen-bond acceptors (Lipinski definition) is 4. The second kappa shape index (κ2) is 5.93. The van der Waals surface area contributed by atoms with Crippen LogP contribution in [-0.2, 0) is 4.79 Å². The smallest absolute Gasteiger partial charge is 0.311 e. The number of aryl methyl sites for hydroxylation is 2. The molecule has 4 rings (SSSR count). The van der Waals surface area contributed by atoms with Gasteiger partial charge in [0, 0.05) is 25.0 Å². The van der Waals surface area contributed by atoms with E-state index in [0.717, 1.165) is 24.2 Å². The largest absolute Gasteiger partial charge is 0.481 e. The number of carboxylic acids is 1. The summed E-state index contributed by atoms with van der Waals surface area (Å²) in [6.45, 7) is 4.69. The van der Waals surface area contributed by atoms with Crippen molar-refractivity contribution in [3.05, 3.63) is 41.3 Å². The molecule has 2 atom stereocenters. The fourth-order valence-electron chi connectivity index (χ4n) is 4.47. The topological polar surface area (TPSA) is 88.3 Å². The number of carbonyl (C=O) groups is 2. The molecule has 2 aromatic heterocycles. The zero-order chi connectivity index (χ0) is 18.5. The Morgan fingerprint density at radius 2 is 2.12 bits per heavy atom. The minimum atomic E-state index is -0.770. The summed E-state index contributed by atoms with van der Waals surface area (Å²) in [7, 11) is 0. The number of rotatable bonds is 3. The number of carboxylic acid groups (broad SMARTS) is 1. The molecule has 1 amide bonds. The van der Waals surface area contributed by atoms with Crippen LogP contribution < -0.4 is 0 Å². The summed E-state index contributed by atoms with van der Waals surface area (Å²) in [5.41, 5.74) is 1.61. The van der Waals surface area contributed by atoms with Gasteiger partial charge in [0.05, 0.1) is 16.7 Å². The molecule has 26 heavy (non-hydrogen) atoms. The molecule has 2 aromatic rings. The Morgan fingerprint density at radius 1 is 1.31 bits per heavy atom. The first kappa shape index (κ1) is 16.8. The van der Waals surface area contributed by atoms with Crippen LogP contribution in [0.4, 0.5) is 0 Å². The van der Waals surface area contributed by atoms with E-state index in [0.29, 0.717) is 30.9 Å². The summed E-state index contributed by atoms with van der Waals surface area (Å²) in [6.07, 6.45) is 4.02. The fraction of sp³-hybridized carbons (Fsp3) is 0.474. The monoisotopic (exact) mass is 354 g/mol. The zero-order valence-corrected chi connectivity index (χ0v) is 15.0. The summed E-state index contributed by atoms with van der Waals surface area (Å²) in [6, 6.07) is 5.48. The number of fused-ring (bicyclic) bond motifs is 1. The molecule has 1 aliphatic carbocycles. The first-order valence-corrected chi connectivity index (χ1v) is 8.93. The maximum atomic E-state index is 12.8. The number of aromatic nitrogens is 3. The van der Waals surface area contributed by atoms with Crippen molar-refractivity contribution in [3.63, 3.8) is 0 Å². The van der Waals surface area contributed by atoms with Crippen LogP contribution in [0.25, 0.3) is 5.82 Å². The van der Waals surface area contributed by atoms with Gasteiger partial charge in [0.25, 0.3) is 5.91 Å². The van der Waals surface area contributed by atoms with Gasteiger partial charge in [0.1, 0.15) is 0 Å². The van der Waals surface area contributed by atoms with Crippen LogP contribution in [-0.4, -0.2) is 49.7 Å². The average molecular weight is 354 g/mol.